The van der Waals surface area contributed by atoms with E-state index in [4.69, 9.17) is 4.74 Å². The van der Waals surface area contributed by atoms with Crippen LogP contribution in [0, 0.1) is 0 Å². The summed E-state index contributed by atoms with van der Waals surface area (Å²) in [4.78, 5) is 11.5. The molecule has 2 aromatic rings. The SMILES string of the molecule is CCOCCN1CCCC(c2nccn2Cc2cscn2)C1. The van der Waals surface area contributed by atoms with E-state index in [-0.39, 0.29) is 0 Å². The third kappa shape index (κ3) is 3.94. The minimum atomic E-state index is 0.518. The summed E-state index contributed by atoms with van der Waals surface area (Å²) in [6.07, 6.45) is 6.45. The molecule has 1 fully saturated rings. The van der Waals surface area contributed by atoms with E-state index in [1.54, 1.807) is 11.3 Å². The van der Waals surface area contributed by atoms with E-state index in [2.05, 4.69) is 31.0 Å². The van der Waals surface area contributed by atoms with E-state index >= 15 is 0 Å². The lowest BCUT2D eigenvalue weighted by Gasteiger charge is -2.32. The summed E-state index contributed by atoms with van der Waals surface area (Å²) < 4.78 is 7.74. The average Bonchev–Trinajstić information content (AvgIpc) is 3.20. The van der Waals surface area contributed by atoms with Gasteiger partial charge < -0.3 is 14.2 Å². The van der Waals surface area contributed by atoms with Crippen LogP contribution in [0.15, 0.2) is 23.3 Å². The van der Waals surface area contributed by atoms with Crippen LogP contribution in [0.2, 0.25) is 0 Å². The molecule has 0 amide bonds. The maximum Gasteiger partial charge on any atom is 0.113 e. The van der Waals surface area contributed by atoms with Gasteiger partial charge in [-0.1, -0.05) is 0 Å². The monoisotopic (exact) mass is 320 g/mol. The Morgan fingerprint density at radius 1 is 1.41 bits per heavy atom. The Kier molecular flexibility index (Phi) is 5.58. The molecule has 0 aromatic carbocycles. The Hall–Kier alpha value is -1.24. The fourth-order valence-corrected chi connectivity index (χ4v) is 3.66. The van der Waals surface area contributed by atoms with Gasteiger partial charge in [0.05, 0.1) is 24.4 Å². The molecule has 22 heavy (non-hydrogen) atoms. The van der Waals surface area contributed by atoms with Crippen molar-refractivity contribution < 1.29 is 4.74 Å². The molecule has 6 heteroatoms. The van der Waals surface area contributed by atoms with Crippen LogP contribution in [0.4, 0.5) is 0 Å². The van der Waals surface area contributed by atoms with Gasteiger partial charge in [-0.25, -0.2) is 9.97 Å². The number of ether oxygens (including phenoxy) is 1. The number of nitrogens with zero attached hydrogens (tertiary/aromatic N) is 4. The number of hydrogen-bond acceptors (Lipinski definition) is 5. The fourth-order valence-electron chi connectivity index (χ4n) is 3.11. The molecule has 0 radical (unpaired) electrons. The summed E-state index contributed by atoms with van der Waals surface area (Å²) in [5, 5.41) is 2.11. The van der Waals surface area contributed by atoms with Gasteiger partial charge in [0.2, 0.25) is 0 Å². The largest absolute Gasteiger partial charge is 0.380 e. The van der Waals surface area contributed by atoms with Gasteiger partial charge in [-0.3, -0.25) is 0 Å². The van der Waals surface area contributed by atoms with Crippen molar-refractivity contribution >= 4 is 11.3 Å². The topological polar surface area (TPSA) is 43.2 Å². The summed E-state index contributed by atoms with van der Waals surface area (Å²) in [6, 6.07) is 0. The van der Waals surface area contributed by atoms with Crippen LogP contribution >= 0.6 is 11.3 Å². The summed E-state index contributed by atoms with van der Waals surface area (Å²) >= 11 is 1.65. The minimum Gasteiger partial charge on any atom is -0.380 e. The molecule has 0 N–H and O–H groups in total. The lowest BCUT2D eigenvalue weighted by Crippen LogP contribution is -2.37. The van der Waals surface area contributed by atoms with Gasteiger partial charge in [-0.2, -0.15) is 0 Å². The van der Waals surface area contributed by atoms with E-state index < -0.39 is 0 Å². The van der Waals surface area contributed by atoms with Crippen LogP contribution in [0.1, 0.15) is 37.2 Å². The van der Waals surface area contributed by atoms with E-state index in [9.17, 15) is 0 Å². The minimum absolute atomic E-state index is 0.518. The molecule has 3 rings (SSSR count). The number of hydrogen-bond donors (Lipinski definition) is 0. The normalized spacial score (nSPS) is 19.6. The molecular weight excluding hydrogens is 296 g/mol. The highest BCUT2D eigenvalue weighted by molar-refractivity contribution is 7.07. The van der Waals surface area contributed by atoms with E-state index in [1.165, 1.54) is 25.2 Å². The summed E-state index contributed by atoms with van der Waals surface area (Å²) in [5.74, 6) is 1.72. The second-order valence-electron chi connectivity index (χ2n) is 5.73. The molecule has 0 saturated carbocycles. The van der Waals surface area contributed by atoms with Crippen molar-refractivity contribution in [1.29, 1.82) is 0 Å². The Bertz CT molecular complexity index is 554. The van der Waals surface area contributed by atoms with Crippen molar-refractivity contribution in [1.82, 2.24) is 19.4 Å². The maximum absolute atomic E-state index is 5.49. The van der Waals surface area contributed by atoms with Gasteiger partial charge in [-0.15, -0.1) is 11.3 Å². The number of likely N-dealkylation sites (tertiary alicyclic amines) is 1. The zero-order chi connectivity index (χ0) is 15.2. The third-order valence-electron chi connectivity index (χ3n) is 4.19. The summed E-state index contributed by atoms with van der Waals surface area (Å²) in [5.41, 5.74) is 3.01. The standard InChI is InChI=1S/C16H24N4OS/c1-2-21-9-8-19-6-3-4-14(10-19)16-17-5-7-20(16)11-15-12-22-13-18-15/h5,7,12-14H,2-4,6,8-11H2,1H3. The van der Waals surface area contributed by atoms with Crippen LogP contribution < -0.4 is 0 Å². The summed E-state index contributed by atoms with van der Waals surface area (Å²) in [6.45, 7) is 7.79. The summed E-state index contributed by atoms with van der Waals surface area (Å²) in [7, 11) is 0. The number of aromatic nitrogens is 3. The molecule has 1 aliphatic rings. The Morgan fingerprint density at radius 2 is 2.36 bits per heavy atom. The highest BCUT2D eigenvalue weighted by atomic mass is 32.1. The first-order valence-corrected chi connectivity index (χ1v) is 8.99. The zero-order valence-corrected chi connectivity index (χ0v) is 14.0. The predicted molar refractivity (Wildman–Crippen MR) is 88.4 cm³/mol. The third-order valence-corrected chi connectivity index (χ3v) is 4.83. The van der Waals surface area contributed by atoms with Gasteiger partial charge in [0.25, 0.3) is 0 Å². The van der Waals surface area contributed by atoms with Gasteiger partial charge in [-0.05, 0) is 26.3 Å². The van der Waals surface area contributed by atoms with Crippen molar-refractivity contribution in [3.05, 3.63) is 34.8 Å². The first-order chi connectivity index (χ1) is 10.9. The smallest absolute Gasteiger partial charge is 0.113 e. The van der Waals surface area contributed by atoms with Crippen LogP contribution in [-0.4, -0.2) is 52.3 Å². The van der Waals surface area contributed by atoms with Crippen molar-refractivity contribution in [2.75, 3.05) is 32.8 Å². The van der Waals surface area contributed by atoms with E-state index in [0.29, 0.717) is 5.92 Å². The number of rotatable bonds is 7. The van der Waals surface area contributed by atoms with Crippen LogP contribution in [0.3, 0.4) is 0 Å². The molecule has 120 valence electrons. The Morgan fingerprint density at radius 3 is 3.18 bits per heavy atom. The molecule has 1 atom stereocenters. The quantitative estimate of drug-likeness (QED) is 0.736. The van der Waals surface area contributed by atoms with Crippen LogP contribution in [0.5, 0.6) is 0 Å². The van der Waals surface area contributed by atoms with Gasteiger partial charge in [0, 0.05) is 43.4 Å². The van der Waals surface area contributed by atoms with Crippen molar-refractivity contribution in [2.24, 2.45) is 0 Å². The van der Waals surface area contributed by atoms with Crippen LogP contribution in [0.25, 0.3) is 0 Å². The van der Waals surface area contributed by atoms with Gasteiger partial charge in [0.15, 0.2) is 0 Å². The first-order valence-electron chi connectivity index (χ1n) is 8.05. The second kappa shape index (κ2) is 7.85. The average molecular weight is 320 g/mol. The molecule has 2 aromatic heterocycles. The van der Waals surface area contributed by atoms with Crippen LogP contribution in [-0.2, 0) is 11.3 Å². The van der Waals surface area contributed by atoms with Crippen molar-refractivity contribution in [3.63, 3.8) is 0 Å². The zero-order valence-electron chi connectivity index (χ0n) is 13.1. The number of thiazole rings is 1. The molecule has 1 saturated heterocycles. The highest BCUT2D eigenvalue weighted by Gasteiger charge is 2.24. The Balaban J connectivity index is 1.62. The molecule has 1 aliphatic heterocycles. The number of piperidine rings is 1. The van der Waals surface area contributed by atoms with Gasteiger partial charge in [0.1, 0.15) is 5.82 Å². The van der Waals surface area contributed by atoms with E-state index in [0.717, 1.165) is 38.5 Å². The van der Waals surface area contributed by atoms with Gasteiger partial charge >= 0.3 is 0 Å². The van der Waals surface area contributed by atoms with Crippen molar-refractivity contribution in [2.45, 2.75) is 32.2 Å². The lowest BCUT2D eigenvalue weighted by molar-refractivity contribution is 0.0996. The molecule has 1 unspecified atom stereocenters. The fraction of sp³-hybridized carbons (Fsp3) is 0.625. The van der Waals surface area contributed by atoms with Crippen molar-refractivity contribution in [3.8, 4) is 0 Å². The molecule has 0 aliphatic carbocycles. The Labute approximate surface area is 136 Å². The molecular formula is C16H24N4OS. The molecule has 5 nitrogen and oxygen atoms in total. The lowest BCUT2D eigenvalue weighted by atomic mass is 9.97. The molecule has 0 bridgehead atoms. The highest BCUT2D eigenvalue weighted by Crippen LogP contribution is 2.26. The second-order valence-corrected chi connectivity index (χ2v) is 6.45. The maximum atomic E-state index is 5.49. The molecule has 0 spiro atoms. The number of imidazole rings is 1. The first kappa shape index (κ1) is 15.6. The predicted octanol–water partition coefficient (Wildman–Crippen LogP) is 2.60. The molecule has 3 heterocycles. The van der Waals surface area contributed by atoms with E-state index in [1.807, 2.05) is 18.6 Å².